The summed E-state index contributed by atoms with van der Waals surface area (Å²) in [5.74, 6) is 1.29. The van der Waals surface area contributed by atoms with Crippen LogP contribution in [0, 0.1) is 0 Å². The second-order valence-electron chi connectivity index (χ2n) is 7.74. The van der Waals surface area contributed by atoms with Crippen molar-refractivity contribution >= 4 is 35.0 Å². The molecule has 0 spiro atoms. The monoisotopic (exact) mass is 454 g/mol. The Bertz CT molecular complexity index is 1030. The molecular weight excluding hydrogens is 428 g/mol. The smallest absolute Gasteiger partial charge is 0.237 e. The molecular formula is C24H27ClN4OS. The predicted octanol–water partition coefficient (Wildman–Crippen LogP) is 5.86. The van der Waals surface area contributed by atoms with Crippen LogP contribution >= 0.6 is 23.4 Å². The van der Waals surface area contributed by atoms with Gasteiger partial charge in [-0.1, -0.05) is 67.7 Å². The van der Waals surface area contributed by atoms with Crippen LogP contribution in [-0.2, 0) is 17.8 Å². The van der Waals surface area contributed by atoms with Crippen molar-refractivity contribution in [3.05, 3.63) is 59.1 Å². The quantitative estimate of drug-likeness (QED) is 0.300. The Hall–Kier alpha value is -2.31. The van der Waals surface area contributed by atoms with E-state index in [0.717, 1.165) is 48.2 Å². The maximum Gasteiger partial charge on any atom is 0.237 e. The molecule has 1 aromatic heterocycles. The highest BCUT2D eigenvalue weighted by atomic mass is 35.5. The van der Waals surface area contributed by atoms with Gasteiger partial charge in [-0.15, -0.1) is 10.2 Å². The molecule has 162 valence electrons. The van der Waals surface area contributed by atoms with Crippen molar-refractivity contribution < 1.29 is 4.79 Å². The molecule has 7 heteroatoms. The molecule has 1 aliphatic rings. The molecule has 0 radical (unpaired) electrons. The second kappa shape index (κ2) is 10.3. The number of anilines is 1. The number of halogens is 1. The summed E-state index contributed by atoms with van der Waals surface area (Å²) in [4.78, 5) is 14.8. The number of hydrogen-bond donors (Lipinski definition) is 0. The van der Waals surface area contributed by atoms with Crippen LogP contribution in [0.15, 0.2) is 53.7 Å². The van der Waals surface area contributed by atoms with E-state index in [1.54, 1.807) is 0 Å². The van der Waals surface area contributed by atoms with Gasteiger partial charge in [0.2, 0.25) is 5.91 Å². The molecule has 2 aromatic carbocycles. The Morgan fingerprint density at radius 2 is 1.87 bits per heavy atom. The molecule has 0 bridgehead atoms. The lowest BCUT2D eigenvalue weighted by Crippen LogP contribution is -2.30. The van der Waals surface area contributed by atoms with E-state index in [0.29, 0.717) is 10.8 Å². The zero-order chi connectivity index (χ0) is 21.6. The lowest BCUT2D eigenvalue weighted by atomic mass is 10.2. The first-order valence-electron chi connectivity index (χ1n) is 10.9. The first-order chi connectivity index (χ1) is 15.2. The molecule has 4 rings (SSSR count). The average molecular weight is 455 g/mol. The topological polar surface area (TPSA) is 51.0 Å². The highest BCUT2D eigenvalue weighted by Gasteiger charge is 2.25. The van der Waals surface area contributed by atoms with Crippen LogP contribution in [0.2, 0.25) is 5.02 Å². The lowest BCUT2D eigenvalue weighted by molar-refractivity contribution is -0.116. The number of fused-ring (bicyclic) bond motifs is 1. The molecule has 1 amide bonds. The van der Waals surface area contributed by atoms with Gasteiger partial charge in [-0.3, -0.25) is 4.79 Å². The first-order valence-corrected chi connectivity index (χ1v) is 12.2. The largest absolute Gasteiger partial charge is 0.311 e. The van der Waals surface area contributed by atoms with Gasteiger partial charge >= 0.3 is 0 Å². The molecule has 0 saturated carbocycles. The van der Waals surface area contributed by atoms with Gasteiger partial charge in [0.15, 0.2) is 11.0 Å². The van der Waals surface area contributed by atoms with Crippen molar-refractivity contribution in [2.24, 2.45) is 0 Å². The summed E-state index contributed by atoms with van der Waals surface area (Å²) in [5.41, 5.74) is 3.26. The number of rotatable bonds is 9. The highest BCUT2D eigenvalue weighted by molar-refractivity contribution is 7.99. The van der Waals surface area contributed by atoms with Crippen molar-refractivity contribution in [3.63, 3.8) is 0 Å². The van der Waals surface area contributed by atoms with E-state index in [9.17, 15) is 4.79 Å². The van der Waals surface area contributed by atoms with E-state index in [-0.39, 0.29) is 5.91 Å². The summed E-state index contributed by atoms with van der Waals surface area (Å²) in [5, 5.41) is 10.4. The molecule has 1 aliphatic heterocycles. The van der Waals surface area contributed by atoms with Gasteiger partial charge in [-0.05, 0) is 48.7 Å². The Balaban J connectivity index is 1.49. The fourth-order valence-corrected chi connectivity index (χ4v) is 4.87. The zero-order valence-electron chi connectivity index (χ0n) is 17.8. The van der Waals surface area contributed by atoms with E-state index in [1.165, 1.54) is 36.6 Å². The number of aromatic nitrogens is 3. The standard InChI is InChI=1S/C24H27ClN4OS/c1-2-3-4-7-15-29-23(19-10-12-20(25)13-11-19)26-27-24(29)31-17-22(30)28-16-14-18-8-5-6-9-21(18)28/h5-6,8-13H,2-4,7,14-17H2,1H3. The zero-order valence-corrected chi connectivity index (χ0v) is 19.3. The minimum atomic E-state index is 0.114. The third kappa shape index (κ3) is 5.13. The van der Waals surface area contributed by atoms with Crippen LogP contribution in [0.5, 0.6) is 0 Å². The molecule has 5 nitrogen and oxygen atoms in total. The second-order valence-corrected chi connectivity index (χ2v) is 9.12. The van der Waals surface area contributed by atoms with Crippen LogP contribution in [0.1, 0.15) is 38.2 Å². The van der Waals surface area contributed by atoms with Gasteiger partial charge in [0, 0.05) is 29.4 Å². The number of nitrogens with zero attached hydrogens (tertiary/aromatic N) is 4. The van der Waals surface area contributed by atoms with Crippen molar-refractivity contribution in [1.82, 2.24) is 14.8 Å². The van der Waals surface area contributed by atoms with Crippen LogP contribution < -0.4 is 4.90 Å². The number of amides is 1. The Labute approximate surface area is 192 Å². The van der Waals surface area contributed by atoms with Gasteiger partial charge in [0.05, 0.1) is 5.75 Å². The van der Waals surface area contributed by atoms with Crippen molar-refractivity contribution in [2.75, 3.05) is 17.2 Å². The van der Waals surface area contributed by atoms with E-state index in [4.69, 9.17) is 11.6 Å². The molecule has 0 atom stereocenters. The van der Waals surface area contributed by atoms with Crippen LogP contribution in [-0.4, -0.2) is 33.0 Å². The Kier molecular flexibility index (Phi) is 7.30. The molecule has 0 unspecified atom stereocenters. The summed E-state index contributed by atoms with van der Waals surface area (Å²) in [6.45, 7) is 3.80. The summed E-state index contributed by atoms with van der Waals surface area (Å²) < 4.78 is 2.15. The fraction of sp³-hybridized carbons (Fsp3) is 0.375. The van der Waals surface area contributed by atoms with Gasteiger partial charge in [-0.25, -0.2) is 0 Å². The van der Waals surface area contributed by atoms with E-state index >= 15 is 0 Å². The highest BCUT2D eigenvalue weighted by Crippen LogP contribution is 2.30. The molecule has 3 aromatic rings. The normalized spacial score (nSPS) is 12.9. The van der Waals surface area contributed by atoms with Gasteiger partial charge in [0.1, 0.15) is 0 Å². The fourth-order valence-electron chi connectivity index (χ4n) is 3.91. The number of hydrogen-bond acceptors (Lipinski definition) is 4. The van der Waals surface area contributed by atoms with Gasteiger partial charge in [0.25, 0.3) is 0 Å². The third-order valence-electron chi connectivity index (χ3n) is 5.57. The number of carbonyl (C=O) groups excluding carboxylic acids is 1. The van der Waals surface area contributed by atoms with Gasteiger partial charge < -0.3 is 9.47 Å². The Morgan fingerprint density at radius 1 is 1.06 bits per heavy atom. The van der Waals surface area contributed by atoms with Crippen molar-refractivity contribution in [2.45, 2.75) is 50.7 Å². The summed E-state index contributed by atoms with van der Waals surface area (Å²) in [7, 11) is 0. The first kappa shape index (κ1) is 21.9. The number of thioether (sulfide) groups is 1. The van der Waals surface area contributed by atoms with Crippen LogP contribution in [0.25, 0.3) is 11.4 Å². The Morgan fingerprint density at radius 3 is 2.68 bits per heavy atom. The molecule has 31 heavy (non-hydrogen) atoms. The maximum atomic E-state index is 12.9. The predicted molar refractivity (Wildman–Crippen MR) is 128 cm³/mol. The van der Waals surface area contributed by atoms with Crippen molar-refractivity contribution in [3.8, 4) is 11.4 Å². The number of benzene rings is 2. The van der Waals surface area contributed by atoms with Crippen molar-refractivity contribution in [1.29, 1.82) is 0 Å². The minimum Gasteiger partial charge on any atom is -0.311 e. The van der Waals surface area contributed by atoms with E-state index in [2.05, 4.69) is 27.8 Å². The molecule has 0 aliphatic carbocycles. The van der Waals surface area contributed by atoms with Crippen LogP contribution in [0.3, 0.4) is 0 Å². The maximum absolute atomic E-state index is 12.9. The molecule has 0 saturated heterocycles. The molecule has 2 heterocycles. The number of unbranched alkanes of at least 4 members (excludes halogenated alkanes) is 3. The number of carbonyl (C=O) groups is 1. The summed E-state index contributed by atoms with van der Waals surface area (Å²) in [6, 6.07) is 15.8. The van der Waals surface area contributed by atoms with Gasteiger partial charge in [-0.2, -0.15) is 0 Å². The SMILES string of the molecule is CCCCCCn1c(SCC(=O)N2CCc3ccccc32)nnc1-c1ccc(Cl)cc1. The van der Waals surface area contributed by atoms with Crippen LogP contribution in [0.4, 0.5) is 5.69 Å². The minimum absolute atomic E-state index is 0.114. The molecule has 0 fully saturated rings. The third-order valence-corrected chi connectivity index (χ3v) is 6.77. The van der Waals surface area contributed by atoms with E-state index in [1.807, 2.05) is 47.4 Å². The lowest BCUT2D eigenvalue weighted by Gasteiger charge is -2.17. The van der Waals surface area contributed by atoms with E-state index < -0.39 is 0 Å². The molecule has 0 N–H and O–H groups in total. The summed E-state index contributed by atoms with van der Waals surface area (Å²) in [6.07, 6.45) is 5.56. The summed E-state index contributed by atoms with van der Waals surface area (Å²) >= 11 is 7.53. The number of para-hydroxylation sites is 1. The average Bonchev–Trinajstić information content (AvgIpc) is 3.40.